The molecule has 3 unspecified atom stereocenters. The first-order valence-corrected chi connectivity index (χ1v) is 12.0. The van der Waals surface area contributed by atoms with Gasteiger partial charge in [-0.05, 0) is 37.8 Å². The Morgan fingerprint density at radius 2 is 1.69 bits per heavy atom. The maximum atomic E-state index is 13.3. The smallest absolute Gasteiger partial charge is 0.326 e. The number of carboxylic acids is 1. The minimum absolute atomic E-state index is 0.183. The van der Waals surface area contributed by atoms with Crippen LogP contribution in [0.5, 0.6) is 0 Å². The van der Waals surface area contributed by atoms with Crippen LogP contribution in [-0.2, 0) is 36.9 Å². The molecular formula is C27H34N2O6. The number of carboxylic acid groups (broad SMARTS) is 1. The lowest BCUT2D eigenvalue weighted by Crippen LogP contribution is -2.53. The number of aliphatic carboxylic acids is 1. The van der Waals surface area contributed by atoms with E-state index >= 15 is 0 Å². The highest BCUT2D eigenvalue weighted by molar-refractivity contribution is 5.88. The number of esters is 1. The zero-order chi connectivity index (χ0) is 25.2. The molecule has 35 heavy (non-hydrogen) atoms. The average Bonchev–Trinajstić information content (AvgIpc) is 3.31. The molecule has 2 N–H and O–H groups in total. The van der Waals surface area contributed by atoms with Gasteiger partial charge >= 0.3 is 11.9 Å². The highest BCUT2D eigenvalue weighted by Crippen LogP contribution is 2.23. The molecule has 0 radical (unpaired) electrons. The highest BCUT2D eigenvalue weighted by atomic mass is 16.5. The van der Waals surface area contributed by atoms with Gasteiger partial charge in [-0.3, -0.25) is 14.9 Å². The van der Waals surface area contributed by atoms with Crippen LogP contribution in [0.1, 0.15) is 37.8 Å². The van der Waals surface area contributed by atoms with Crippen molar-refractivity contribution in [3.8, 4) is 0 Å². The number of amides is 1. The van der Waals surface area contributed by atoms with Gasteiger partial charge in [-0.15, -0.1) is 0 Å². The van der Waals surface area contributed by atoms with Gasteiger partial charge in [0.2, 0.25) is 5.91 Å². The Bertz CT molecular complexity index is 968. The van der Waals surface area contributed by atoms with Gasteiger partial charge in [0.15, 0.2) is 0 Å². The molecule has 8 heteroatoms. The minimum Gasteiger partial charge on any atom is -0.480 e. The van der Waals surface area contributed by atoms with E-state index in [2.05, 4.69) is 5.32 Å². The zero-order valence-corrected chi connectivity index (χ0v) is 20.3. The van der Waals surface area contributed by atoms with Crippen molar-refractivity contribution in [1.82, 2.24) is 10.2 Å². The van der Waals surface area contributed by atoms with Crippen LogP contribution < -0.4 is 5.32 Å². The fraction of sp³-hybridized carbons (Fsp3) is 0.444. The fourth-order valence-corrected chi connectivity index (χ4v) is 4.27. The molecule has 1 saturated heterocycles. The van der Waals surface area contributed by atoms with Gasteiger partial charge in [0.25, 0.3) is 0 Å². The van der Waals surface area contributed by atoms with Crippen LogP contribution in [0.2, 0.25) is 0 Å². The van der Waals surface area contributed by atoms with Crippen molar-refractivity contribution in [3.63, 3.8) is 0 Å². The Hall–Kier alpha value is -3.23. The second-order valence-corrected chi connectivity index (χ2v) is 8.72. The summed E-state index contributed by atoms with van der Waals surface area (Å²) in [5.41, 5.74) is 2.06. The number of nitrogens with zero attached hydrogens (tertiary/aromatic N) is 1. The Morgan fingerprint density at radius 1 is 1.06 bits per heavy atom. The van der Waals surface area contributed by atoms with Crippen molar-refractivity contribution in [2.75, 3.05) is 13.2 Å². The first-order valence-electron chi connectivity index (χ1n) is 12.0. The van der Waals surface area contributed by atoms with Gasteiger partial charge in [0, 0.05) is 13.0 Å². The molecule has 8 nitrogen and oxygen atoms in total. The van der Waals surface area contributed by atoms with Gasteiger partial charge in [-0.2, -0.15) is 0 Å². The summed E-state index contributed by atoms with van der Waals surface area (Å²) in [5.74, 6) is -1.87. The SMILES string of the molecule is CCOC(=O)C(CCc1ccccc1)N[C@@H](C)C(=O)N1CC(OCc2ccccc2)CC1C(=O)O. The lowest BCUT2D eigenvalue weighted by atomic mass is 10.0. The molecule has 2 aromatic carbocycles. The second-order valence-electron chi connectivity index (χ2n) is 8.72. The summed E-state index contributed by atoms with van der Waals surface area (Å²) in [4.78, 5) is 39.1. The molecule has 1 fully saturated rings. The number of nitrogens with one attached hydrogen (secondary N) is 1. The largest absolute Gasteiger partial charge is 0.480 e. The number of likely N-dealkylation sites (tertiary alicyclic amines) is 1. The molecular weight excluding hydrogens is 448 g/mol. The van der Waals surface area contributed by atoms with Crippen LogP contribution >= 0.6 is 0 Å². The van der Waals surface area contributed by atoms with Gasteiger partial charge in [-0.1, -0.05) is 60.7 Å². The van der Waals surface area contributed by atoms with E-state index in [1.54, 1.807) is 13.8 Å². The first-order chi connectivity index (χ1) is 16.9. The standard InChI is InChI=1S/C27H34N2O6/c1-3-34-27(33)23(15-14-20-10-6-4-7-11-20)28-19(2)25(30)29-17-22(16-24(29)26(31)32)35-18-21-12-8-5-9-13-21/h4-13,19,22-24,28H,3,14-18H2,1-2H3,(H,31,32)/t19-,22?,23?,24?/m0/s1. The molecule has 2 aromatic rings. The van der Waals surface area contributed by atoms with Gasteiger partial charge in [0.1, 0.15) is 12.1 Å². The van der Waals surface area contributed by atoms with Crippen LogP contribution in [0, 0.1) is 0 Å². The minimum atomic E-state index is -1.07. The Labute approximate surface area is 206 Å². The van der Waals surface area contributed by atoms with Crippen molar-refractivity contribution in [2.45, 2.75) is 63.9 Å². The van der Waals surface area contributed by atoms with Crippen molar-refractivity contribution in [1.29, 1.82) is 0 Å². The van der Waals surface area contributed by atoms with E-state index in [1.807, 2.05) is 60.7 Å². The van der Waals surface area contributed by atoms with E-state index in [1.165, 1.54) is 4.90 Å². The number of rotatable bonds is 12. The normalized spacial score (nSPS) is 19.2. The number of aryl methyl sites for hydroxylation is 1. The molecule has 1 aliphatic heterocycles. The van der Waals surface area contributed by atoms with Gasteiger partial charge in [0.05, 0.1) is 25.4 Å². The van der Waals surface area contributed by atoms with Gasteiger partial charge in [-0.25, -0.2) is 4.79 Å². The highest BCUT2D eigenvalue weighted by Gasteiger charge is 2.42. The summed E-state index contributed by atoms with van der Waals surface area (Å²) in [5, 5.41) is 12.8. The summed E-state index contributed by atoms with van der Waals surface area (Å²) in [6.45, 7) is 4.14. The van der Waals surface area contributed by atoms with E-state index in [9.17, 15) is 19.5 Å². The van der Waals surface area contributed by atoms with Crippen molar-refractivity contribution < 1.29 is 29.0 Å². The van der Waals surface area contributed by atoms with Crippen molar-refractivity contribution in [2.24, 2.45) is 0 Å². The molecule has 3 rings (SSSR count). The summed E-state index contributed by atoms with van der Waals surface area (Å²) < 4.78 is 11.1. The summed E-state index contributed by atoms with van der Waals surface area (Å²) >= 11 is 0. The molecule has 1 aliphatic rings. The first kappa shape index (κ1) is 26.4. The maximum absolute atomic E-state index is 13.3. The van der Waals surface area contributed by atoms with Crippen molar-refractivity contribution in [3.05, 3.63) is 71.8 Å². The molecule has 0 saturated carbocycles. The number of carbonyl (C=O) groups excluding carboxylic acids is 2. The van der Waals surface area contributed by atoms with Crippen molar-refractivity contribution >= 4 is 17.8 Å². The van der Waals surface area contributed by atoms with E-state index in [0.717, 1.165) is 11.1 Å². The topological polar surface area (TPSA) is 105 Å². The summed E-state index contributed by atoms with van der Waals surface area (Å²) in [6, 6.07) is 16.9. The number of benzene rings is 2. The fourth-order valence-electron chi connectivity index (χ4n) is 4.27. The van der Waals surface area contributed by atoms with Crippen LogP contribution in [-0.4, -0.2) is 65.2 Å². The third-order valence-electron chi connectivity index (χ3n) is 6.12. The molecule has 4 atom stereocenters. The second kappa shape index (κ2) is 13.0. The molecule has 0 aliphatic carbocycles. The van der Waals surface area contributed by atoms with Crippen LogP contribution in [0.15, 0.2) is 60.7 Å². The van der Waals surface area contributed by atoms with Gasteiger partial charge < -0.3 is 19.5 Å². The lowest BCUT2D eigenvalue weighted by Gasteiger charge is -2.27. The quantitative estimate of drug-likeness (QED) is 0.448. The number of hydrogen-bond acceptors (Lipinski definition) is 6. The van der Waals surface area contributed by atoms with E-state index < -0.39 is 30.1 Å². The van der Waals surface area contributed by atoms with E-state index in [0.29, 0.717) is 19.4 Å². The predicted octanol–water partition coefficient (Wildman–Crippen LogP) is 2.80. The Balaban J connectivity index is 1.62. The molecule has 1 amide bonds. The zero-order valence-electron chi connectivity index (χ0n) is 20.3. The maximum Gasteiger partial charge on any atom is 0.326 e. The third kappa shape index (κ3) is 7.63. The van der Waals surface area contributed by atoms with E-state index in [4.69, 9.17) is 9.47 Å². The lowest BCUT2D eigenvalue weighted by molar-refractivity contribution is -0.150. The number of hydrogen-bond donors (Lipinski definition) is 2. The van der Waals surface area contributed by atoms with Crippen LogP contribution in [0.3, 0.4) is 0 Å². The summed E-state index contributed by atoms with van der Waals surface area (Å²) in [6.07, 6.45) is 0.919. The average molecular weight is 483 g/mol. The van der Waals surface area contributed by atoms with Crippen LogP contribution in [0.4, 0.5) is 0 Å². The number of carbonyl (C=O) groups is 3. The monoisotopic (exact) mass is 482 g/mol. The summed E-state index contributed by atoms with van der Waals surface area (Å²) in [7, 11) is 0. The number of ether oxygens (including phenoxy) is 2. The molecule has 0 spiro atoms. The Morgan fingerprint density at radius 3 is 2.29 bits per heavy atom. The molecule has 0 aromatic heterocycles. The van der Waals surface area contributed by atoms with Crippen LogP contribution in [0.25, 0.3) is 0 Å². The third-order valence-corrected chi connectivity index (χ3v) is 6.12. The Kier molecular flexibility index (Phi) is 9.81. The molecule has 0 bridgehead atoms. The molecule has 188 valence electrons. The predicted molar refractivity (Wildman–Crippen MR) is 131 cm³/mol. The molecule has 1 heterocycles. The van der Waals surface area contributed by atoms with E-state index in [-0.39, 0.29) is 31.6 Å².